The fourth-order valence-electron chi connectivity index (χ4n) is 3.00. The number of amides is 1. The Hall–Kier alpha value is -2.93. The fourth-order valence-corrected chi connectivity index (χ4v) is 5.56. The molecule has 3 aromatic rings. The van der Waals surface area contributed by atoms with Gasteiger partial charge in [-0.2, -0.15) is 13.7 Å². The highest BCUT2D eigenvalue weighted by atomic mass is 79.9. The molecule has 0 saturated heterocycles. The summed E-state index contributed by atoms with van der Waals surface area (Å²) in [5.41, 5.74) is 3.86. The van der Waals surface area contributed by atoms with Crippen LogP contribution in [0.15, 0.2) is 74.0 Å². The molecule has 3 rings (SSSR count). The largest absolute Gasteiger partial charge is 0.377 e. The normalized spacial score (nSPS) is 11.6. The lowest BCUT2D eigenvalue weighted by Gasteiger charge is -2.12. The quantitative estimate of drug-likeness (QED) is 0.198. The Morgan fingerprint density at radius 2 is 1.65 bits per heavy atom. The molecule has 1 N–H and O–H groups in total. The molecule has 0 aliphatic rings. The van der Waals surface area contributed by atoms with Gasteiger partial charge in [0.15, 0.2) is 5.75 Å². The third-order valence-electron chi connectivity index (χ3n) is 5.05. The van der Waals surface area contributed by atoms with E-state index in [-0.39, 0.29) is 16.2 Å². The summed E-state index contributed by atoms with van der Waals surface area (Å²) in [5.74, 6) is -0.498. The average Bonchev–Trinajstić information content (AvgIpc) is 2.78. The summed E-state index contributed by atoms with van der Waals surface area (Å²) in [6, 6.07) is 16.9. The SMILES string of the molecule is Cc1ccc(S(=O)(=O)Oc2c(Br)cc(/C=C(\C#N)C(=O)Nc3cccc(C)c3C)cc2Br)cc1. The number of rotatable bonds is 6. The highest BCUT2D eigenvalue weighted by Gasteiger charge is 2.21. The van der Waals surface area contributed by atoms with E-state index in [1.807, 2.05) is 39.0 Å². The second-order valence-corrected chi connectivity index (χ2v) is 10.8. The second-order valence-electron chi connectivity index (χ2n) is 7.54. The highest BCUT2D eigenvalue weighted by molar-refractivity contribution is 9.11. The second kappa shape index (κ2) is 10.6. The van der Waals surface area contributed by atoms with Crippen molar-refractivity contribution in [3.05, 3.63) is 91.4 Å². The molecule has 6 nitrogen and oxygen atoms in total. The number of nitriles is 1. The van der Waals surface area contributed by atoms with Crippen LogP contribution >= 0.6 is 31.9 Å². The molecule has 174 valence electrons. The highest BCUT2D eigenvalue weighted by Crippen LogP contribution is 2.37. The van der Waals surface area contributed by atoms with Crippen molar-refractivity contribution in [3.8, 4) is 11.8 Å². The van der Waals surface area contributed by atoms with Crippen LogP contribution in [0.2, 0.25) is 0 Å². The van der Waals surface area contributed by atoms with Crippen molar-refractivity contribution in [1.82, 2.24) is 0 Å². The first-order valence-corrected chi connectivity index (χ1v) is 13.0. The Labute approximate surface area is 215 Å². The lowest BCUT2D eigenvalue weighted by atomic mass is 10.1. The van der Waals surface area contributed by atoms with E-state index in [1.165, 1.54) is 18.2 Å². The Morgan fingerprint density at radius 1 is 1.03 bits per heavy atom. The minimum atomic E-state index is -4.06. The van der Waals surface area contributed by atoms with Gasteiger partial charge in [0.2, 0.25) is 0 Å². The molecule has 3 aromatic carbocycles. The van der Waals surface area contributed by atoms with Crippen molar-refractivity contribution in [2.45, 2.75) is 25.7 Å². The van der Waals surface area contributed by atoms with Crippen molar-refractivity contribution >= 4 is 59.6 Å². The molecule has 0 heterocycles. The number of aryl methyl sites for hydroxylation is 2. The van der Waals surface area contributed by atoms with Crippen molar-refractivity contribution in [2.24, 2.45) is 0 Å². The van der Waals surface area contributed by atoms with Gasteiger partial charge in [-0.25, -0.2) is 0 Å². The Bertz CT molecular complexity index is 1420. The lowest BCUT2D eigenvalue weighted by Crippen LogP contribution is -2.14. The summed E-state index contributed by atoms with van der Waals surface area (Å²) in [7, 11) is -4.06. The number of carbonyl (C=O) groups excluding carboxylic acids is 1. The van der Waals surface area contributed by atoms with Crippen molar-refractivity contribution < 1.29 is 17.4 Å². The number of nitrogens with one attached hydrogen (secondary N) is 1. The summed E-state index contributed by atoms with van der Waals surface area (Å²) >= 11 is 6.65. The van der Waals surface area contributed by atoms with Crippen LogP contribution < -0.4 is 9.50 Å². The maximum absolute atomic E-state index is 12.7. The smallest absolute Gasteiger partial charge is 0.339 e. The van der Waals surface area contributed by atoms with Gasteiger partial charge in [0.25, 0.3) is 5.91 Å². The summed E-state index contributed by atoms with van der Waals surface area (Å²) in [6.45, 7) is 5.68. The standard InChI is InChI=1S/C25H20Br2N2O4S/c1-15-7-9-20(10-8-15)34(31,32)33-24-21(26)12-18(13-22(24)27)11-19(14-28)25(30)29-23-6-4-5-16(2)17(23)3/h4-13H,1-3H3,(H,29,30)/b19-11+. The predicted molar refractivity (Wildman–Crippen MR) is 139 cm³/mol. The number of halogens is 2. The number of anilines is 1. The van der Waals surface area contributed by atoms with Crippen LogP contribution in [0.4, 0.5) is 5.69 Å². The molecule has 9 heteroatoms. The van der Waals surface area contributed by atoms with Crippen molar-refractivity contribution in [3.63, 3.8) is 0 Å². The number of benzene rings is 3. The third kappa shape index (κ3) is 5.95. The first-order valence-electron chi connectivity index (χ1n) is 10.0. The third-order valence-corrected chi connectivity index (χ3v) is 7.47. The monoisotopic (exact) mass is 602 g/mol. The van der Waals surface area contributed by atoms with Crippen LogP contribution in [0.1, 0.15) is 22.3 Å². The molecule has 34 heavy (non-hydrogen) atoms. The average molecular weight is 604 g/mol. The van der Waals surface area contributed by atoms with Crippen LogP contribution in [-0.2, 0) is 14.9 Å². The van der Waals surface area contributed by atoms with Gasteiger partial charge in [0.1, 0.15) is 16.5 Å². The molecule has 0 bridgehead atoms. The topological polar surface area (TPSA) is 96.3 Å². The zero-order valence-electron chi connectivity index (χ0n) is 18.5. The van der Waals surface area contributed by atoms with Crippen molar-refractivity contribution in [1.29, 1.82) is 5.26 Å². The Morgan fingerprint density at radius 3 is 2.24 bits per heavy atom. The first-order chi connectivity index (χ1) is 16.0. The van der Waals surface area contributed by atoms with Gasteiger partial charge in [0.05, 0.1) is 8.95 Å². The van der Waals surface area contributed by atoms with Gasteiger partial charge < -0.3 is 9.50 Å². The summed E-state index contributed by atoms with van der Waals surface area (Å²) in [6.07, 6.45) is 1.41. The molecular formula is C25H20Br2N2O4S. The fraction of sp³-hybridized carbons (Fsp3) is 0.120. The van der Waals surface area contributed by atoms with Crippen LogP contribution in [0.3, 0.4) is 0 Å². The molecule has 0 unspecified atom stereocenters. The van der Waals surface area contributed by atoms with E-state index >= 15 is 0 Å². The first kappa shape index (κ1) is 25.7. The molecule has 0 radical (unpaired) electrons. The van der Waals surface area contributed by atoms with Gasteiger partial charge in [0, 0.05) is 5.69 Å². The molecular weight excluding hydrogens is 584 g/mol. The molecule has 0 aromatic heterocycles. The maximum Gasteiger partial charge on any atom is 0.339 e. The molecule has 0 fully saturated rings. The van der Waals surface area contributed by atoms with Gasteiger partial charge in [-0.3, -0.25) is 4.79 Å². The van der Waals surface area contributed by atoms with Crippen LogP contribution in [0.25, 0.3) is 6.08 Å². The Kier molecular flexibility index (Phi) is 7.97. The van der Waals surface area contributed by atoms with E-state index in [2.05, 4.69) is 37.2 Å². The zero-order chi connectivity index (χ0) is 25.0. The van der Waals surface area contributed by atoms with Gasteiger partial charge in [-0.15, -0.1) is 0 Å². The molecule has 0 spiro atoms. The Balaban J connectivity index is 1.88. The van der Waals surface area contributed by atoms with E-state index < -0.39 is 16.0 Å². The number of hydrogen-bond donors (Lipinski definition) is 1. The van der Waals surface area contributed by atoms with Crippen LogP contribution in [0, 0.1) is 32.1 Å². The van der Waals surface area contributed by atoms with Crippen molar-refractivity contribution in [2.75, 3.05) is 5.32 Å². The van der Waals surface area contributed by atoms with E-state index in [4.69, 9.17) is 4.18 Å². The van der Waals surface area contributed by atoms with E-state index in [9.17, 15) is 18.5 Å². The summed E-state index contributed by atoms with van der Waals surface area (Å²) < 4.78 is 31.3. The maximum atomic E-state index is 12.7. The number of hydrogen-bond acceptors (Lipinski definition) is 5. The molecule has 0 saturated carbocycles. The minimum Gasteiger partial charge on any atom is -0.377 e. The van der Waals surface area contributed by atoms with Gasteiger partial charge in [-0.1, -0.05) is 29.8 Å². The molecule has 1 amide bonds. The van der Waals surface area contributed by atoms with Crippen LogP contribution in [0.5, 0.6) is 5.75 Å². The molecule has 0 aliphatic heterocycles. The summed E-state index contributed by atoms with van der Waals surface area (Å²) in [4.78, 5) is 12.7. The zero-order valence-corrected chi connectivity index (χ0v) is 22.5. The van der Waals surface area contributed by atoms with Gasteiger partial charge in [-0.05, 0) is 106 Å². The number of nitrogens with zero attached hydrogens (tertiary/aromatic N) is 1. The number of carbonyl (C=O) groups is 1. The van der Waals surface area contributed by atoms with E-state index in [0.717, 1.165) is 16.7 Å². The lowest BCUT2D eigenvalue weighted by molar-refractivity contribution is -0.112. The predicted octanol–water partition coefficient (Wildman–Crippen LogP) is 6.45. The van der Waals surface area contributed by atoms with Crippen LogP contribution in [-0.4, -0.2) is 14.3 Å². The van der Waals surface area contributed by atoms with E-state index in [0.29, 0.717) is 20.2 Å². The van der Waals surface area contributed by atoms with Gasteiger partial charge >= 0.3 is 10.1 Å². The summed E-state index contributed by atoms with van der Waals surface area (Å²) in [5, 5.41) is 12.3. The minimum absolute atomic E-state index is 0.0238. The molecule has 0 aliphatic carbocycles. The molecule has 0 atom stereocenters. The van der Waals surface area contributed by atoms with E-state index in [1.54, 1.807) is 30.3 Å².